The van der Waals surface area contributed by atoms with Gasteiger partial charge in [0.05, 0.1) is 0 Å². The second-order valence-corrected chi connectivity index (χ2v) is 5.71. The normalized spacial score (nSPS) is 30.0. The molecule has 96 valence electrons. The van der Waals surface area contributed by atoms with Crippen molar-refractivity contribution in [3.63, 3.8) is 0 Å². The summed E-state index contributed by atoms with van der Waals surface area (Å²) in [6.45, 7) is 5.57. The first-order valence-electron chi connectivity index (χ1n) is 6.83. The summed E-state index contributed by atoms with van der Waals surface area (Å²) in [5.74, 6) is 2.51. The molecule has 16 heavy (non-hydrogen) atoms. The smallest absolute Gasteiger partial charge is 0.0488 e. The third-order valence-electron chi connectivity index (χ3n) is 4.11. The zero-order valence-electron chi connectivity index (χ0n) is 11.5. The van der Waals surface area contributed by atoms with E-state index >= 15 is 0 Å². The minimum atomic E-state index is 0.668. The van der Waals surface area contributed by atoms with Crippen LogP contribution in [0.5, 0.6) is 0 Å². The highest BCUT2D eigenvalue weighted by Gasteiger charge is 2.26. The van der Waals surface area contributed by atoms with Gasteiger partial charge >= 0.3 is 0 Å². The van der Waals surface area contributed by atoms with Gasteiger partial charge < -0.3 is 10.1 Å². The molecule has 2 unspecified atom stereocenters. The van der Waals surface area contributed by atoms with E-state index in [0.717, 1.165) is 18.4 Å². The SMILES string of the molecule is CNC(CC(C)COC)C1CCC(C)CC1. The van der Waals surface area contributed by atoms with Crippen LogP contribution in [0, 0.1) is 17.8 Å². The maximum Gasteiger partial charge on any atom is 0.0488 e. The maximum absolute atomic E-state index is 5.23. The van der Waals surface area contributed by atoms with E-state index in [1.807, 2.05) is 0 Å². The van der Waals surface area contributed by atoms with E-state index in [0.29, 0.717) is 12.0 Å². The van der Waals surface area contributed by atoms with Crippen molar-refractivity contribution in [2.75, 3.05) is 20.8 Å². The first-order chi connectivity index (χ1) is 7.67. The van der Waals surface area contributed by atoms with Gasteiger partial charge in [-0.25, -0.2) is 0 Å². The first-order valence-corrected chi connectivity index (χ1v) is 6.83. The van der Waals surface area contributed by atoms with Crippen molar-refractivity contribution in [1.82, 2.24) is 5.32 Å². The van der Waals surface area contributed by atoms with Gasteiger partial charge in [0.25, 0.3) is 0 Å². The van der Waals surface area contributed by atoms with Crippen LogP contribution in [0.3, 0.4) is 0 Å². The molecule has 0 aromatic heterocycles. The second-order valence-electron chi connectivity index (χ2n) is 5.71. The Kier molecular flexibility index (Phi) is 6.37. The van der Waals surface area contributed by atoms with Crippen molar-refractivity contribution >= 4 is 0 Å². The van der Waals surface area contributed by atoms with Crippen molar-refractivity contribution in [1.29, 1.82) is 0 Å². The van der Waals surface area contributed by atoms with Gasteiger partial charge in [-0.05, 0) is 44.1 Å². The second kappa shape index (κ2) is 7.29. The van der Waals surface area contributed by atoms with Crippen molar-refractivity contribution in [2.24, 2.45) is 17.8 Å². The molecule has 0 radical (unpaired) electrons. The fourth-order valence-electron chi connectivity index (χ4n) is 3.02. The molecule has 1 aliphatic rings. The quantitative estimate of drug-likeness (QED) is 0.753. The van der Waals surface area contributed by atoms with Crippen LogP contribution in [0.2, 0.25) is 0 Å². The van der Waals surface area contributed by atoms with Gasteiger partial charge in [-0.3, -0.25) is 0 Å². The lowest BCUT2D eigenvalue weighted by Crippen LogP contribution is -2.37. The summed E-state index contributed by atoms with van der Waals surface area (Å²) >= 11 is 0. The molecular formula is C14H29NO. The molecule has 0 aliphatic heterocycles. The molecule has 1 rings (SSSR count). The van der Waals surface area contributed by atoms with E-state index in [1.54, 1.807) is 7.11 Å². The molecule has 1 aliphatic carbocycles. The van der Waals surface area contributed by atoms with E-state index in [4.69, 9.17) is 4.74 Å². The molecule has 0 heterocycles. The molecule has 0 aromatic rings. The molecule has 0 aromatic carbocycles. The Balaban J connectivity index is 2.35. The molecule has 0 saturated heterocycles. The summed E-state index contributed by atoms with van der Waals surface area (Å²) in [6, 6.07) is 0.692. The molecule has 0 amide bonds. The summed E-state index contributed by atoms with van der Waals surface area (Å²) in [6.07, 6.45) is 6.91. The Morgan fingerprint density at radius 3 is 2.38 bits per heavy atom. The molecule has 1 saturated carbocycles. The summed E-state index contributed by atoms with van der Waals surface area (Å²) < 4.78 is 5.23. The van der Waals surface area contributed by atoms with Crippen LogP contribution in [0.4, 0.5) is 0 Å². The summed E-state index contributed by atoms with van der Waals surface area (Å²) in [5, 5.41) is 3.52. The van der Waals surface area contributed by atoms with Crippen molar-refractivity contribution in [3.05, 3.63) is 0 Å². The van der Waals surface area contributed by atoms with Crippen LogP contribution >= 0.6 is 0 Å². The average Bonchev–Trinajstić information content (AvgIpc) is 2.27. The number of hydrogen-bond acceptors (Lipinski definition) is 2. The van der Waals surface area contributed by atoms with Crippen molar-refractivity contribution in [3.8, 4) is 0 Å². The number of rotatable bonds is 6. The lowest BCUT2D eigenvalue weighted by molar-refractivity contribution is 0.136. The molecule has 1 fully saturated rings. The Bertz CT molecular complexity index is 176. The van der Waals surface area contributed by atoms with Gasteiger partial charge in [-0.15, -0.1) is 0 Å². The molecule has 0 spiro atoms. The monoisotopic (exact) mass is 227 g/mol. The van der Waals surface area contributed by atoms with Crippen molar-refractivity contribution in [2.45, 2.75) is 52.0 Å². The van der Waals surface area contributed by atoms with E-state index in [9.17, 15) is 0 Å². The van der Waals surface area contributed by atoms with Gasteiger partial charge in [-0.1, -0.05) is 26.7 Å². The van der Waals surface area contributed by atoms with Crippen LogP contribution in [0.25, 0.3) is 0 Å². The largest absolute Gasteiger partial charge is 0.384 e. The number of methoxy groups -OCH3 is 1. The molecular weight excluding hydrogens is 198 g/mol. The fourth-order valence-corrected chi connectivity index (χ4v) is 3.02. The highest BCUT2D eigenvalue weighted by Crippen LogP contribution is 2.32. The predicted molar refractivity (Wildman–Crippen MR) is 69.6 cm³/mol. The van der Waals surface area contributed by atoms with Gasteiger partial charge in [0.2, 0.25) is 0 Å². The lowest BCUT2D eigenvalue weighted by Gasteiger charge is -2.34. The third-order valence-corrected chi connectivity index (χ3v) is 4.11. The third kappa shape index (κ3) is 4.42. The predicted octanol–water partition coefficient (Wildman–Crippen LogP) is 3.07. The van der Waals surface area contributed by atoms with Crippen LogP contribution in [-0.4, -0.2) is 26.8 Å². The van der Waals surface area contributed by atoms with Crippen molar-refractivity contribution < 1.29 is 4.74 Å². The highest BCUT2D eigenvalue weighted by atomic mass is 16.5. The van der Waals surface area contributed by atoms with Gasteiger partial charge in [0.15, 0.2) is 0 Å². The maximum atomic E-state index is 5.23. The number of ether oxygens (including phenoxy) is 1. The average molecular weight is 227 g/mol. The van der Waals surface area contributed by atoms with Crippen LogP contribution < -0.4 is 5.32 Å². The van der Waals surface area contributed by atoms with E-state index < -0.39 is 0 Å². The zero-order valence-corrected chi connectivity index (χ0v) is 11.5. The Morgan fingerprint density at radius 1 is 1.25 bits per heavy atom. The Hall–Kier alpha value is -0.0800. The number of hydrogen-bond donors (Lipinski definition) is 1. The van der Waals surface area contributed by atoms with E-state index in [-0.39, 0.29) is 0 Å². The number of nitrogens with one attached hydrogen (secondary N) is 1. The lowest BCUT2D eigenvalue weighted by atomic mass is 9.77. The van der Waals surface area contributed by atoms with E-state index in [2.05, 4.69) is 26.2 Å². The van der Waals surface area contributed by atoms with Gasteiger partial charge in [-0.2, -0.15) is 0 Å². The highest BCUT2D eigenvalue weighted by molar-refractivity contribution is 4.81. The minimum Gasteiger partial charge on any atom is -0.384 e. The topological polar surface area (TPSA) is 21.3 Å². The molecule has 1 N–H and O–H groups in total. The minimum absolute atomic E-state index is 0.668. The molecule has 2 atom stereocenters. The van der Waals surface area contributed by atoms with Crippen LogP contribution in [0.1, 0.15) is 46.0 Å². The van der Waals surface area contributed by atoms with Gasteiger partial charge in [0.1, 0.15) is 0 Å². The van der Waals surface area contributed by atoms with Crippen LogP contribution in [-0.2, 0) is 4.74 Å². The first kappa shape index (κ1) is 14.0. The van der Waals surface area contributed by atoms with E-state index in [1.165, 1.54) is 32.1 Å². The Labute approximate surface area is 101 Å². The van der Waals surface area contributed by atoms with Crippen LogP contribution in [0.15, 0.2) is 0 Å². The summed E-state index contributed by atoms with van der Waals surface area (Å²) in [5.41, 5.74) is 0. The molecule has 2 heteroatoms. The van der Waals surface area contributed by atoms with Gasteiger partial charge in [0, 0.05) is 19.8 Å². The molecule has 0 bridgehead atoms. The summed E-state index contributed by atoms with van der Waals surface area (Å²) in [7, 11) is 3.91. The molecule has 2 nitrogen and oxygen atoms in total. The fraction of sp³-hybridized carbons (Fsp3) is 1.00. The Morgan fingerprint density at radius 2 is 1.88 bits per heavy atom. The zero-order chi connectivity index (χ0) is 12.0. The standard InChI is InChI=1S/C14H29NO/c1-11-5-7-13(8-6-11)14(15-3)9-12(2)10-16-4/h11-15H,5-10H2,1-4H3. The summed E-state index contributed by atoms with van der Waals surface area (Å²) in [4.78, 5) is 0.